The fraction of sp³-hybridized carbons (Fsp3) is 0.400. The van der Waals surface area contributed by atoms with Gasteiger partial charge in [-0.3, -0.25) is 9.59 Å². The van der Waals surface area contributed by atoms with Crippen molar-refractivity contribution in [1.29, 1.82) is 0 Å². The van der Waals surface area contributed by atoms with E-state index in [2.05, 4.69) is 10.2 Å². The van der Waals surface area contributed by atoms with E-state index in [0.717, 1.165) is 5.69 Å². The zero-order chi connectivity index (χ0) is 20.3. The van der Waals surface area contributed by atoms with Gasteiger partial charge in [0.1, 0.15) is 23.3 Å². The van der Waals surface area contributed by atoms with E-state index in [1.165, 1.54) is 4.90 Å². The van der Waals surface area contributed by atoms with Gasteiger partial charge in [-0.2, -0.15) is 10.2 Å². The van der Waals surface area contributed by atoms with Gasteiger partial charge in [-0.25, -0.2) is 0 Å². The molecule has 1 N–H and O–H groups in total. The molecule has 0 saturated carbocycles. The number of nitrogens with zero attached hydrogens (tertiary/aromatic N) is 3. The van der Waals surface area contributed by atoms with E-state index in [0.29, 0.717) is 29.3 Å². The van der Waals surface area contributed by atoms with Crippen LogP contribution < -0.4 is 14.4 Å². The number of halogens is 1. The lowest BCUT2D eigenvalue weighted by Gasteiger charge is -2.30. The van der Waals surface area contributed by atoms with E-state index in [4.69, 9.17) is 26.2 Å². The third kappa shape index (κ3) is 5.14. The number of benzene rings is 1. The molecule has 0 fully saturated rings. The highest BCUT2D eigenvalue weighted by atomic mass is 35.5. The molecule has 2 heterocycles. The molecule has 3 rings (SSSR count). The first-order valence-corrected chi connectivity index (χ1v) is 9.22. The quantitative estimate of drug-likeness (QED) is 0.725. The Hall–Kier alpha value is -2.87. The van der Waals surface area contributed by atoms with Crippen molar-refractivity contribution in [2.75, 3.05) is 18.1 Å². The summed E-state index contributed by atoms with van der Waals surface area (Å²) in [5.41, 5.74) is 1.92. The fourth-order valence-electron chi connectivity index (χ4n) is 2.83. The predicted octanol–water partition coefficient (Wildman–Crippen LogP) is 3.80. The van der Waals surface area contributed by atoms with Gasteiger partial charge in [0.25, 0.3) is 5.91 Å². The number of hydrogen-bond acceptors (Lipinski definition) is 6. The maximum Gasteiger partial charge on any atom is 0.305 e. The lowest BCUT2D eigenvalue weighted by Crippen LogP contribution is -2.40. The summed E-state index contributed by atoms with van der Waals surface area (Å²) in [4.78, 5) is 24.4. The van der Waals surface area contributed by atoms with Gasteiger partial charge < -0.3 is 19.5 Å². The molecule has 2 aromatic rings. The van der Waals surface area contributed by atoms with Crippen molar-refractivity contribution in [1.82, 2.24) is 10.2 Å². The SMILES string of the molecule is C.CC[C@H](Oc1cc2c(cc1Cl)N(CCC(=O)O)C(=O)CO2)c1ccc(C)nn1. The second-order valence-electron chi connectivity index (χ2n) is 6.34. The Morgan fingerprint density at radius 1 is 1.38 bits per heavy atom. The molecule has 156 valence electrons. The Morgan fingerprint density at radius 3 is 2.76 bits per heavy atom. The molecule has 8 nitrogen and oxygen atoms in total. The minimum atomic E-state index is -0.989. The molecule has 0 aliphatic carbocycles. The molecule has 0 unspecified atom stereocenters. The fourth-order valence-corrected chi connectivity index (χ4v) is 3.03. The van der Waals surface area contributed by atoms with E-state index in [1.54, 1.807) is 12.1 Å². The zero-order valence-electron chi connectivity index (χ0n) is 15.5. The van der Waals surface area contributed by atoms with Crippen LogP contribution in [0.4, 0.5) is 5.69 Å². The normalized spacial score (nSPS) is 13.8. The summed E-state index contributed by atoms with van der Waals surface area (Å²) in [6.07, 6.45) is 0.122. The Balaban J connectivity index is 0.00000300. The van der Waals surface area contributed by atoms with E-state index in [-0.39, 0.29) is 44.0 Å². The number of rotatable bonds is 7. The molecule has 1 aromatic carbocycles. The van der Waals surface area contributed by atoms with Crippen LogP contribution in [0.1, 0.15) is 44.7 Å². The highest BCUT2D eigenvalue weighted by Crippen LogP contribution is 2.41. The number of carbonyl (C=O) groups excluding carboxylic acids is 1. The number of carboxylic acid groups (broad SMARTS) is 1. The minimum absolute atomic E-state index is 0. The van der Waals surface area contributed by atoms with E-state index in [1.807, 2.05) is 26.0 Å². The van der Waals surface area contributed by atoms with Gasteiger partial charge in [0.15, 0.2) is 6.61 Å². The van der Waals surface area contributed by atoms with Crippen molar-refractivity contribution in [2.24, 2.45) is 0 Å². The molecule has 0 radical (unpaired) electrons. The monoisotopic (exact) mass is 421 g/mol. The average molecular weight is 422 g/mol. The van der Waals surface area contributed by atoms with Crippen molar-refractivity contribution in [3.8, 4) is 11.5 Å². The average Bonchev–Trinajstić information content (AvgIpc) is 2.66. The van der Waals surface area contributed by atoms with Crippen LogP contribution in [0, 0.1) is 6.92 Å². The number of ether oxygens (including phenoxy) is 2. The number of carbonyl (C=O) groups is 2. The van der Waals surface area contributed by atoms with Gasteiger partial charge in [-0.05, 0) is 31.5 Å². The first-order valence-electron chi connectivity index (χ1n) is 8.84. The lowest BCUT2D eigenvalue weighted by molar-refractivity contribution is -0.136. The summed E-state index contributed by atoms with van der Waals surface area (Å²) < 4.78 is 11.5. The largest absolute Gasteiger partial charge is 0.482 e. The Kier molecular flexibility index (Phi) is 7.39. The second kappa shape index (κ2) is 9.56. The van der Waals surface area contributed by atoms with Gasteiger partial charge in [0.2, 0.25) is 0 Å². The number of amides is 1. The van der Waals surface area contributed by atoms with Gasteiger partial charge in [-0.15, -0.1) is 0 Å². The Bertz CT molecular complexity index is 888. The summed E-state index contributed by atoms with van der Waals surface area (Å²) in [6.45, 7) is 3.68. The van der Waals surface area contributed by atoms with Crippen LogP contribution in [0.15, 0.2) is 24.3 Å². The van der Waals surface area contributed by atoms with Crippen molar-refractivity contribution >= 4 is 29.2 Å². The van der Waals surface area contributed by atoms with Crippen LogP contribution in [-0.2, 0) is 9.59 Å². The summed E-state index contributed by atoms with van der Waals surface area (Å²) in [5.74, 6) is -0.506. The molecule has 1 atom stereocenters. The lowest BCUT2D eigenvalue weighted by atomic mass is 10.1. The van der Waals surface area contributed by atoms with E-state index >= 15 is 0 Å². The zero-order valence-corrected chi connectivity index (χ0v) is 16.3. The standard InChI is InChI=1S/C19H20ClN3O5.CH4/c1-3-15(13-5-4-11(2)21-22-13)28-16-9-17-14(8-12(16)20)23(7-6-19(25)26)18(24)10-27-17;/h4-5,8-9,15H,3,6-7,10H2,1-2H3,(H,25,26);1H4/t15-;/m0./s1. The minimum Gasteiger partial charge on any atom is -0.482 e. The van der Waals surface area contributed by atoms with Crippen LogP contribution in [0.3, 0.4) is 0 Å². The molecule has 0 saturated heterocycles. The summed E-state index contributed by atoms with van der Waals surface area (Å²) in [7, 11) is 0. The molecule has 1 aromatic heterocycles. The molecule has 29 heavy (non-hydrogen) atoms. The highest BCUT2D eigenvalue weighted by Gasteiger charge is 2.28. The number of anilines is 1. The smallest absolute Gasteiger partial charge is 0.305 e. The van der Waals surface area contributed by atoms with Crippen molar-refractivity contribution < 1.29 is 24.2 Å². The van der Waals surface area contributed by atoms with Gasteiger partial charge >= 0.3 is 5.97 Å². The molecule has 0 bridgehead atoms. The number of aryl methyl sites for hydroxylation is 1. The number of fused-ring (bicyclic) bond motifs is 1. The van der Waals surface area contributed by atoms with Gasteiger partial charge in [-0.1, -0.05) is 26.0 Å². The Morgan fingerprint density at radius 2 is 2.14 bits per heavy atom. The topological polar surface area (TPSA) is 102 Å². The predicted molar refractivity (Wildman–Crippen MR) is 109 cm³/mol. The van der Waals surface area contributed by atoms with E-state index < -0.39 is 5.97 Å². The van der Waals surface area contributed by atoms with Crippen molar-refractivity contribution in [3.63, 3.8) is 0 Å². The second-order valence-corrected chi connectivity index (χ2v) is 6.75. The molecule has 1 aliphatic heterocycles. The molecular weight excluding hydrogens is 398 g/mol. The number of carboxylic acids is 1. The van der Waals surface area contributed by atoms with E-state index in [9.17, 15) is 9.59 Å². The maximum absolute atomic E-state index is 12.1. The third-order valence-electron chi connectivity index (χ3n) is 4.29. The van der Waals surface area contributed by atoms with Crippen LogP contribution in [-0.4, -0.2) is 40.3 Å². The Labute approximate surface area is 174 Å². The summed E-state index contributed by atoms with van der Waals surface area (Å²) in [6, 6.07) is 6.88. The van der Waals surface area contributed by atoms with Crippen molar-refractivity contribution in [3.05, 3.63) is 40.7 Å². The van der Waals surface area contributed by atoms with Gasteiger partial charge in [0.05, 0.1) is 22.8 Å². The van der Waals surface area contributed by atoms with Crippen molar-refractivity contribution in [2.45, 2.75) is 40.2 Å². The van der Waals surface area contributed by atoms with Crippen LogP contribution >= 0.6 is 11.6 Å². The summed E-state index contributed by atoms with van der Waals surface area (Å²) in [5, 5.41) is 17.4. The number of hydrogen-bond donors (Lipinski definition) is 1. The number of aromatic nitrogens is 2. The number of aliphatic carboxylic acids is 1. The molecule has 9 heteroatoms. The highest BCUT2D eigenvalue weighted by molar-refractivity contribution is 6.32. The first-order chi connectivity index (χ1) is 13.4. The maximum atomic E-state index is 12.1. The van der Waals surface area contributed by atoms with Crippen LogP contribution in [0.2, 0.25) is 5.02 Å². The van der Waals surface area contributed by atoms with Crippen LogP contribution in [0.5, 0.6) is 11.5 Å². The third-order valence-corrected chi connectivity index (χ3v) is 4.59. The molecule has 0 spiro atoms. The molecular formula is C20H24ClN3O5. The van der Waals surface area contributed by atoms with Gasteiger partial charge in [0, 0.05) is 12.6 Å². The molecule has 1 amide bonds. The van der Waals surface area contributed by atoms with Crippen LogP contribution in [0.25, 0.3) is 0 Å². The first kappa shape index (κ1) is 22.4. The molecule has 1 aliphatic rings. The summed E-state index contributed by atoms with van der Waals surface area (Å²) >= 11 is 6.38.